The second kappa shape index (κ2) is 7.89. The van der Waals surface area contributed by atoms with Gasteiger partial charge in [-0.05, 0) is 37.8 Å². The van der Waals surface area contributed by atoms with Crippen LogP contribution in [0.2, 0.25) is 0 Å². The molecule has 0 spiro atoms. The van der Waals surface area contributed by atoms with E-state index < -0.39 is 0 Å². The van der Waals surface area contributed by atoms with Crippen LogP contribution in [-0.4, -0.2) is 49.5 Å². The number of rotatable bonds is 5. The van der Waals surface area contributed by atoms with E-state index in [0.29, 0.717) is 42.8 Å². The average molecular weight is 308 g/mol. The highest BCUT2D eigenvalue weighted by molar-refractivity contribution is 5.89. The fourth-order valence-electron chi connectivity index (χ4n) is 2.54. The van der Waals surface area contributed by atoms with Gasteiger partial charge in [-0.25, -0.2) is 4.79 Å². The molecular weight excluding hydrogens is 284 g/mol. The summed E-state index contributed by atoms with van der Waals surface area (Å²) in [5.74, 6) is 1.57. The predicted octanol–water partition coefficient (Wildman–Crippen LogP) is 2.33. The molecule has 1 saturated heterocycles. The molecule has 2 amide bonds. The standard InChI is InChI=1S/C16H24N2O4/c1-3-22-15-10-13(4-5-14(15)21-2)17-16(20)18-8-6-12(11-19)7-9-18/h4-5,10,12,19H,3,6-9,11H2,1-2H3,(H,17,20). The van der Waals surface area contributed by atoms with Crippen molar-refractivity contribution >= 4 is 11.7 Å². The first kappa shape index (κ1) is 16.4. The van der Waals surface area contributed by atoms with Crippen molar-refractivity contribution in [3.8, 4) is 11.5 Å². The van der Waals surface area contributed by atoms with Crippen molar-refractivity contribution < 1.29 is 19.4 Å². The van der Waals surface area contributed by atoms with Crippen LogP contribution in [0, 0.1) is 5.92 Å². The van der Waals surface area contributed by atoms with Crippen LogP contribution in [0.15, 0.2) is 18.2 Å². The van der Waals surface area contributed by atoms with Crippen LogP contribution in [0.4, 0.5) is 10.5 Å². The summed E-state index contributed by atoms with van der Waals surface area (Å²) < 4.78 is 10.7. The van der Waals surface area contributed by atoms with Gasteiger partial charge in [-0.2, -0.15) is 0 Å². The first-order chi connectivity index (χ1) is 10.7. The fraction of sp³-hybridized carbons (Fsp3) is 0.562. The van der Waals surface area contributed by atoms with Crippen LogP contribution in [0.25, 0.3) is 0 Å². The first-order valence-electron chi connectivity index (χ1n) is 7.65. The van der Waals surface area contributed by atoms with Gasteiger partial charge in [0.25, 0.3) is 0 Å². The maximum Gasteiger partial charge on any atom is 0.321 e. The molecule has 0 aromatic heterocycles. The van der Waals surface area contributed by atoms with E-state index in [1.165, 1.54) is 0 Å². The Morgan fingerprint density at radius 3 is 2.68 bits per heavy atom. The summed E-state index contributed by atoms with van der Waals surface area (Å²) in [4.78, 5) is 14.0. The number of benzene rings is 1. The van der Waals surface area contributed by atoms with Crippen LogP contribution in [0.3, 0.4) is 0 Å². The zero-order valence-electron chi connectivity index (χ0n) is 13.2. The molecule has 2 N–H and O–H groups in total. The average Bonchev–Trinajstić information content (AvgIpc) is 2.55. The van der Waals surface area contributed by atoms with E-state index in [-0.39, 0.29) is 12.6 Å². The van der Waals surface area contributed by atoms with Crippen molar-refractivity contribution in [3.63, 3.8) is 0 Å². The minimum absolute atomic E-state index is 0.121. The number of hydrogen-bond donors (Lipinski definition) is 2. The molecule has 0 aliphatic carbocycles. The Kier molecular flexibility index (Phi) is 5.89. The summed E-state index contributed by atoms with van der Waals surface area (Å²) in [5, 5.41) is 12.0. The topological polar surface area (TPSA) is 71.0 Å². The van der Waals surface area contributed by atoms with Gasteiger partial charge in [0.15, 0.2) is 11.5 Å². The predicted molar refractivity (Wildman–Crippen MR) is 84.6 cm³/mol. The van der Waals surface area contributed by atoms with E-state index in [0.717, 1.165) is 12.8 Å². The molecular formula is C16H24N2O4. The minimum Gasteiger partial charge on any atom is -0.493 e. The van der Waals surface area contributed by atoms with Crippen molar-refractivity contribution in [3.05, 3.63) is 18.2 Å². The highest BCUT2D eigenvalue weighted by Gasteiger charge is 2.22. The lowest BCUT2D eigenvalue weighted by molar-refractivity contribution is 0.143. The van der Waals surface area contributed by atoms with Gasteiger partial charge in [0.1, 0.15) is 0 Å². The molecule has 22 heavy (non-hydrogen) atoms. The SMILES string of the molecule is CCOc1cc(NC(=O)N2CCC(CO)CC2)ccc1OC. The summed E-state index contributed by atoms with van der Waals surface area (Å²) in [6.07, 6.45) is 1.69. The molecule has 1 aromatic carbocycles. The Hall–Kier alpha value is -1.95. The van der Waals surface area contributed by atoms with E-state index in [1.54, 1.807) is 30.2 Å². The molecule has 6 nitrogen and oxygen atoms in total. The Labute approximate surface area is 131 Å². The quantitative estimate of drug-likeness (QED) is 0.876. The highest BCUT2D eigenvalue weighted by atomic mass is 16.5. The number of likely N-dealkylation sites (tertiary alicyclic amines) is 1. The molecule has 6 heteroatoms. The van der Waals surface area contributed by atoms with Gasteiger partial charge in [-0.1, -0.05) is 0 Å². The Morgan fingerprint density at radius 1 is 1.36 bits per heavy atom. The molecule has 0 unspecified atom stereocenters. The number of carbonyl (C=O) groups is 1. The van der Waals surface area contributed by atoms with Crippen LogP contribution >= 0.6 is 0 Å². The molecule has 1 aliphatic heterocycles. The molecule has 1 aromatic rings. The molecule has 1 fully saturated rings. The lowest BCUT2D eigenvalue weighted by Crippen LogP contribution is -2.41. The molecule has 2 rings (SSSR count). The van der Waals surface area contributed by atoms with Gasteiger partial charge in [0.05, 0.1) is 13.7 Å². The van der Waals surface area contributed by atoms with Gasteiger partial charge in [0, 0.05) is 31.5 Å². The van der Waals surface area contributed by atoms with E-state index in [1.807, 2.05) is 6.92 Å². The summed E-state index contributed by atoms with van der Waals surface area (Å²) in [6, 6.07) is 5.21. The molecule has 0 radical (unpaired) electrons. The smallest absolute Gasteiger partial charge is 0.321 e. The van der Waals surface area contributed by atoms with Crippen LogP contribution < -0.4 is 14.8 Å². The van der Waals surface area contributed by atoms with E-state index >= 15 is 0 Å². The van der Waals surface area contributed by atoms with Crippen molar-refractivity contribution in [2.45, 2.75) is 19.8 Å². The number of urea groups is 1. The summed E-state index contributed by atoms with van der Waals surface area (Å²) in [7, 11) is 1.58. The lowest BCUT2D eigenvalue weighted by Gasteiger charge is -2.31. The number of ether oxygens (including phenoxy) is 2. The van der Waals surface area contributed by atoms with Crippen molar-refractivity contribution in [2.24, 2.45) is 5.92 Å². The van der Waals surface area contributed by atoms with Gasteiger partial charge in [-0.3, -0.25) is 0 Å². The van der Waals surface area contributed by atoms with E-state index in [4.69, 9.17) is 14.6 Å². The third kappa shape index (κ3) is 4.04. The molecule has 122 valence electrons. The Balaban J connectivity index is 1.98. The fourth-order valence-corrected chi connectivity index (χ4v) is 2.54. The number of anilines is 1. The second-order valence-electron chi connectivity index (χ2n) is 5.34. The summed E-state index contributed by atoms with van der Waals surface area (Å²) in [6.45, 7) is 3.97. The zero-order valence-corrected chi connectivity index (χ0v) is 13.2. The number of carbonyl (C=O) groups excluding carboxylic acids is 1. The molecule has 0 bridgehead atoms. The van der Waals surface area contributed by atoms with Gasteiger partial charge in [0.2, 0.25) is 0 Å². The van der Waals surface area contributed by atoms with E-state index in [2.05, 4.69) is 5.32 Å². The lowest BCUT2D eigenvalue weighted by atomic mass is 9.98. The number of piperidine rings is 1. The summed E-state index contributed by atoms with van der Waals surface area (Å²) in [5.41, 5.74) is 0.679. The normalized spacial score (nSPS) is 15.5. The monoisotopic (exact) mass is 308 g/mol. The maximum absolute atomic E-state index is 12.3. The number of nitrogens with one attached hydrogen (secondary N) is 1. The number of nitrogens with zero attached hydrogens (tertiary/aromatic N) is 1. The Morgan fingerprint density at radius 2 is 2.09 bits per heavy atom. The van der Waals surface area contributed by atoms with Crippen LogP contribution in [-0.2, 0) is 0 Å². The van der Waals surface area contributed by atoms with Crippen molar-refractivity contribution in [2.75, 3.05) is 38.7 Å². The number of amides is 2. The van der Waals surface area contributed by atoms with Crippen LogP contribution in [0.5, 0.6) is 11.5 Å². The molecule has 0 atom stereocenters. The summed E-state index contributed by atoms with van der Waals surface area (Å²) >= 11 is 0. The molecule has 1 aliphatic rings. The number of aliphatic hydroxyl groups is 1. The second-order valence-corrected chi connectivity index (χ2v) is 5.34. The highest BCUT2D eigenvalue weighted by Crippen LogP contribution is 2.30. The largest absolute Gasteiger partial charge is 0.493 e. The number of aliphatic hydroxyl groups excluding tert-OH is 1. The number of hydrogen-bond acceptors (Lipinski definition) is 4. The molecule has 1 heterocycles. The third-order valence-corrected chi connectivity index (χ3v) is 3.87. The van der Waals surface area contributed by atoms with Crippen molar-refractivity contribution in [1.82, 2.24) is 4.90 Å². The first-order valence-corrected chi connectivity index (χ1v) is 7.65. The van der Waals surface area contributed by atoms with Gasteiger partial charge >= 0.3 is 6.03 Å². The Bertz CT molecular complexity index is 499. The third-order valence-electron chi connectivity index (χ3n) is 3.87. The zero-order chi connectivity index (χ0) is 15.9. The molecule has 0 saturated carbocycles. The van der Waals surface area contributed by atoms with Gasteiger partial charge in [-0.15, -0.1) is 0 Å². The van der Waals surface area contributed by atoms with Gasteiger partial charge < -0.3 is 24.8 Å². The van der Waals surface area contributed by atoms with E-state index in [9.17, 15) is 4.79 Å². The number of methoxy groups -OCH3 is 1. The van der Waals surface area contributed by atoms with Crippen LogP contribution in [0.1, 0.15) is 19.8 Å². The minimum atomic E-state index is -0.121. The maximum atomic E-state index is 12.3. The van der Waals surface area contributed by atoms with Crippen molar-refractivity contribution in [1.29, 1.82) is 0 Å².